The third-order valence-corrected chi connectivity index (χ3v) is 3.68. The van der Waals surface area contributed by atoms with Crippen LogP contribution in [0.5, 0.6) is 0 Å². The van der Waals surface area contributed by atoms with Gasteiger partial charge in [0.2, 0.25) is 0 Å². The molecule has 2 rings (SSSR count). The molecule has 112 valence electrons. The number of nitrogens with zero attached hydrogens (tertiary/aromatic N) is 1. The molecule has 0 aliphatic heterocycles. The van der Waals surface area contributed by atoms with Crippen molar-refractivity contribution in [2.45, 2.75) is 25.8 Å². The first-order valence-corrected chi connectivity index (χ1v) is 7.68. The lowest BCUT2D eigenvalue weighted by Crippen LogP contribution is -2.25. The quantitative estimate of drug-likeness (QED) is 0.831. The van der Waals surface area contributed by atoms with Crippen LogP contribution in [0.15, 0.2) is 41.0 Å². The molecular formula is C16H17BrF2N2. The summed E-state index contributed by atoms with van der Waals surface area (Å²) < 4.78 is 27.7. The highest BCUT2D eigenvalue weighted by Crippen LogP contribution is 2.21. The van der Waals surface area contributed by atoms with Gasteiger partial charge in [0.15, 0.2) is 0 Å². The third kappa shape index (κ3) is 4.58. The molecule has 0 saturated carbocycles. The van der Waals surface area contributed by atoms with Crippen LogP contribution in [0, 0.1) is 11.6 Å². The summed E-state index contributed by atoms with van der Waals surface area (Å²) in [4.78, 5) is 4.11. The zero-order chi connectivity index (χ0) is 15.2. The molecule has 1 N–H and O–H groups in total. The van der Waals surface area contributed by atoms with Gasteiger partial charge in [0.25, 0.3) is 0 Å². The molecule has 0 spiro atoms. The lowest BCUT2D eigenvalue weighted by atomic mass is 10.0. The van der Waals surface area contributed by atoms with Gasteiger partial charge in [-0.1, -0.05) is 28.9 Å². The van der Waals surface area contributed by atoms with Gasteiger partial charge in [0.05, 0.1) is 17.9 Å². The molecule has 1 aromatic carbocycles. The second kappa shape index (κ2) is 7.61. The fraction of sp³-hybridized carbons (Fsp3) is 0.312. The van der Waals surface area contributed by atoms with Gasteiger partial charge >= 0.3 is 0 Å². The van der Waals surface area contributed by atoms with Gasteiger partial charge in [-0.05, 0) is 49.2 Å². The molecule has 1 unspecified atom stereocenters. The fourth-order valence-electron chi connectivity index (χ4n) is 2.10. The standard InChI is InChI=1S/C16H17BrF2N2/c1-2-7-20-16(15-6-5-13(18)10-21-15)8-11-3-4-12(17)9-14(11)19/h3-6,9-10,16,20H,2,7-8H2,1H3. The van der Waals surface area contributed by atoms with Gasteiger partial charge in [-0.15, -0.1) is 0 Å². The summed E-state index contributed by atoms with van der Waals surface area (Å²) in [6, 6.07) is 7.89. The minimum Gasteiger partial charge on any atom is -0.308 e. The molecule has 0 radical (unpaired) electrons. The zero-order valence-corrected chi connectivity index (χ0v) is 13.3. The predicted octanol–water partition coefficient (Wildman–Crippen LogP) is 4.41. The normalized spacial score (nSPS) is 12.4. The largest absolute Gasteiger partial charge is 0.308 e. The van der Waals surface area contributed by atoms with Crippen molar-refractivity contribution in [2.75, 3.05) is 6.54 Å². The van der Waals surface area contributed by atoms with E-state index in [1.807, 2.05) is 6.07 Å². The first-order chi connectivity index (χ1) is 10.1. The van der Waals surface area contributed by atoms with E-state index < -0.39 is 0 Å². The van der Waals surface area contributed by atoms with Crippen molar-refractivity contribution in [3.8, 4) is 0 Å². The minimum absolute atomic E-state index is 0.138. The van der Waals surface area contributed by atoms with E-state index in [1.54, 1.807) is 12.1 Å². The van der Waals surface area contributed by atoms with Crippen LogP contribution in [-0.4, -0.2) is 11.5 Å². The minimum atomic E-state index is -0.372. The van der Waals surface area contributed by atoms with Crippen molar-refractivity contribution in [1.82, 2.24) is 10.3 Å². The van der Waals surface area contributed by atoms with Crippen LogP contribution in [0.2, 0.25) is 0 Å². The van der Waals surface area contributed by atoms with E-state index in [-0.39, 0.29) is 17.7 Å². The average molecular weight is 355 g/mol. The summed E-state index contributed by atoms with van der Waals surface area (Å²) in [5.74, 6) is -0.627. The summed E-state index contributed by atoms with van der Waals surface area (Å²) in [6.45, 7) is 2.85. The molecule has 0 saturated heterocycles. The Hall–Kier alpha value is -1.33. The molecule has 1 atom stereocenters. The van der Waals surface area contributed by atoms with Crippen LogP contribution >= 0.6 is 15.9 Å². The lowest BCUT2D eigenvalue weighted by Gasteiger charge is -2.18. The molecular weight excluding hydrogens is 338 g/mol. The number of halogens is 3. The SMILES string of the molecule is CCCNC(Cc1ccc(Br)cc1F)c1ccc(F)cn1. The Balaban J connectivity index is 2.21. The smallest absolute Gasteiger partial charge is 0.141 e. The van der Waals surface area contributed by atoms with E-state index in [9.17, 15) is 8.78 Å². The van der Waals surface area contributed by atoms with E-state index in [1.165, 1.54) is 18.3 Å². The Morgan fingerprint density at radius 2 is 2.05 bits per heavy atom. The lowest BCUT2D eigenvalue weighted by molar-refractivity contribution is 0.500. The highest BCUT2D eigenvalue weighted by atomic mass is 79.9. The topological polar surface area (TPSA) is 24.9 Å². The summed E-state index contributed by atoms with van der Waals surface area (Å²) in [7, 11) is 0. The van der Waals surface area contributed by atoms with Crippen molar-refractivity contribution in [1.29, 1.82) is 0 Å². The van der Waals surface area contributed by atoms with Crippen LogP contribution in [0.4, 0.5) is 8.78 Å². The summed E-state index contributed by atoms with van der Waals surface area (Å²) in [5.41, 5.74) is 1.32. The third-order valence-electron chi connectivity index (χ3n) is 3.19. The predicted molar refractivity (Wildman–Crippen MR) is 83.0 cm³/mol. The Bertz CT molecular complexity index is 587. The van der Waals surface area contributed by atoms with E-state index in [0.29, 0.717) is 22.2 Å². The molecule has 21 heavy (non-hydrogen) atoms. The van der Waals surface area contributed by atoms with E-state index in [4.69, 9.17) is 0 Å². The van der Waals surface area contributed by atoms with Gasteiger partial charge < -0.3 is 5.32 Å². The number of hydrogen-bond acceptors (Lipinski definition) is 2. The van der Waals surface area contributed by atoms with Gasteiger partial charge in [-0.25, -0.2) is 8.78 Å². The van der Waals surface area contributed by atoms with Crippen LogP contribution in [-0.2, 0) is 6.42 Å². The monoisotopic (exact) mass is 354 g/mol. The molecule has 0 amide bonds. The Morgan fingerprint density at radius 1 is 1.24 bits per heavy atom. The molecule has 0 aliphatic rings. The van der Waals surface area contributed by atoms with Gasteiger partial charge in [0.1, 0.15) is 11.6 Å². The Morgan fingerprint density at radius 3 is 2.67 bits per heavy atom. The molecule has 2 aromatic rings. The second-order valence-corrected chi connectivity index (χ2v) is 5.76. The van der Waals surface area contributed by atoms with E-state index in [2.05, 4.69) is 33.2 Å². The van der Waals surface area contributed by atoms with Crippen LogP contribution in [0.3, 0.4) is 0 Å². The first-order valence-electron chi connectivity index (χ1n) is 6.89. The van der Waals surface area contributed by atoms with Crippen LogP contribution in [0.25, 0.3) is 0 Å². The van der Waals surface area contributed by atoms with Crippen molar-refractivity contribution in [3.05, 3.63) is 63.9 Å². The summed E-state index contributed by atoms with van der Waals surface area (Å²) in [6.07, 6.45) is 2.62. The summed E-state index contributed by atoms with van der Waals surface area (Å²) in [5, 5.41) is 3.33. The molecule has 1 aromatic heterocycles. The van der Waals surface area contributed by atoms with Gasteiger partial charge in [-0.2, -0.15) is 0 Å². The number of rotatable bonds is 6. The highest BCUT2D eigenvalue weighted by molar-refractivity contribution is 9.10. The maximum absolute atomic E-state index is 14.0. The van der Waals surface area contributed by atoms with Crippen LogP contribution < -0.4 is 5.32 Å². The maximum Gasteiger partial charge on any atom is 0.141 e. The Kier molecular flexibility index (Phi) is 5.82. The fourth-order valence-corrected chi connectivity index (χ4v) is 2.43. The van der Waals surface area contributed by atoms with Crippen molar-refractivity contribution < 1.29 is 8.78 Å². The first kappa shape index (κ1) is 16.0. The zero-order valence-electron chi connectivity index (χ0n) is 11.7. The summed E-state index contributed by atoms with van der Waals surface area (Å²) >= 11 is 3.25. The number of aromatic nitrogens is 1. The molecule has 0 fully saturated rings. The molecule has 5 heteroatoms. The molecule has 1 heterocycles. The number of pyridine rings is 1. The van der Waals surface area contributed by atoms with Gasteiger partial charge in [-0.3, -0.25) is 4.98 Å². The van der Waals surface area contributed by atoms with E-state index in [0.717, 1.165) is 13.0 Å². The number of hydrogen-bond donors (Lipinski definition) is 1. The Labute approximate surface area is 131 Å². The van der Waals surface area contributed by atoms with Crippen molar-refractivity contribution >= 4 is 15.9 Å². The van der Waals surface area contributed by atoms with Gasteiger partial charge in [0, 0.05) is 4.47 Å². The maximum atomic E-state index is 14.0. The number of benzene rings is 1. The van der Waals surface area contributed by atoms with Crippen molar-refractivity contribution in [3.63, 3.8) is 0 Å². The highest BCUT2D eigenvalue weighted by Gasteiger charge is 2.15. The second-order valence-electron chi connectivity index (χ2n) is 4.85. The number of nitrogens with one attached hydrogen (secondary N) is 1. The van der Waals surface area contributed by atoms with E-state index >= 15 is 0 Å². The molecule has 2 nitrogen and oxygen atoms in total. The average Bonchev–Trinajstić information content (AvgIpc) is 2.46. The molecule has 0 aliphatic carbocycles. The molecule has 0 bridgehead atoms. The van der Waals surface area contributed by atoms with Crippen molar-refractivity contribution in [2.24, 2.45) is 0 Å². The van der Waals surface area contributed by atoms with Crippen LogP contribution in [0.1, 0.15) is 30.6 Å².